The Balaban J connectivity index is 1.80. The molecule has 0 unspecified atom stereocenters. The van der Waals surface area contributed by atoms with E-state index in [1.165, 1.54) is 0 Å². The zero-order valence-electron chi connectivity index (χ0n) is 14.4. The van der Waals surface area contributed by atoms with Gasteiger partial charge in [0.25, 0.3) is 0 Å². The molecule has 0 fully saturated rings. The van der Waals surface area contributed by atoms with Gasteiger partial charge in [0, 0.05) is 21.2 Å². The van der Waals surface area contributed by atoms with Crippen LogP contribution in [0.3, 0.4) is 0 Å². The molecule has 27 heavy (non-hydrogen) atoms. The zero-order chi connectivity index (χ0) is 18.6. The molecule has 0 aliphatic heterocycles. The zero-order valence-corrected chi connectivity index (χ0v) is 15.9. The van der Waals surface area contributed by atoms with Gasteiger partial charge in [-0.3, -0.25) is 0 Å². The van der Waals surface area contributed by atoms with E-state index in [9.17, 15) is 0 Å². The molecule has 0 aliphatic rings. The summed E-state index contributed by atoms with van der Waals surface area (Å²) in [5.41, 5.74) is 3.98. The summed E-state index contributed by atoms with van der Waals surface area (Å²) in [5, 5.41) is 1.33. The Morgan fingerprint density at radius 3 is 1.30 bits per heavy atom. The first-order chi connectivity index (χ1) is 13.2. The Hall–Kier alpha value is -2.74. The third kappa shape index (κ3) is 4.00. The summed E-state index contributed by atoms with van der Waals surface area (Å²) < 4.78 is 6.34. The fourth-order valence-corrected chi connectivity index (χ4v) is 3.33. The van der Waals surface area contributed by atoms with Crippen molar-refractivity contribution in [3.05, 3.63) is 107 Å². The number of hydrogen-bond donors (Lipinski definition) is 0. The highest BCUT2D eigenvalue weighted by Gasteiger charge is 2.12. The van der Waals surface area contributed by atoms with Crippen molar-refractivity contribution >= 4 is 23.2 Å². The number of rotatable bonds is 4. The largest absolute Gasteiger partial charge is 0.456 e. The molecule has 0 spiro atoms. The van der Waals surface area contributed by atoms with Crippen LogP contribution in [-0.2, 0) is 0 Å². The van der Waals surface area contributed by atoms with E-state index >= 15 is 0 Å². The molecule has 132 valence electrons. The first kappa shape index (κ1) is 17.7. The second-order valence-electron chi connectivity index (χ2n) is 6.12. The maximum atomic E-state index is 6.34. The molecule has 0 radical (unpaired) electrons. The van der Waals surface area contributed by atoms with Crippen LogP contribution in [0.25, 0.3) is 22.3 Å². The van der Waals surface area contributed by atoms with E-state index in [0.717, 1.165) is 33.8 Å². The number of halogens is 2. The quantitative estimate of drug-likeness (QED) is 0.341. The molecule has 0 amide bonds. The van der Waals surface area contributed by atoms with E-state index in [4.69, 9.17) is 27.9 Å². The van der Waals surface area contributed by atoms with Crippen molar-refractivity contribution in [3.8, 4) is 33.8 Å². The minimum Gasteiger partial charge on any atom is -0.456 e. The summed E-state index contributed by atoms with van der Waals surface area (Å²) >= 11 is 12.5. The Bertz CT molecular complexity index is 973. The molecule has 3 heteroatoms. The van der Waals surface area contributed by atoms with Gasteiger partial charge in [-0.2, -0.15) is 0 Å². The first-order valence-corrected chi connectivity index (χ1v) is 9.34. The summed E-state index contributed by atoms with van der Waals surface area (Å²) in [6.07, 6.45) is 0. The van der Waals surface area contributed by atoms with Gasteiger partial charge in [0.1, 0.15) is 11.5 Å². The minimum absolute atomic E-state index is 0.667. The molecule has 0 bridgehead atoms. The van der Waals surface area contributed by atoms with Crippen molar-refractivity contribution in [2.45, 2.75) is 0 Å². The number of hydrogen-bond acceptors (Lipinski definition) is 1. The van der Waals surface area contributed by atoms with Crippen molar-refractivity contribution in [1.82, 2.24) is 0 Å². The van der Waals surface area contributed by atoms with Crippen molar-refractivity contribution in [1.29, 1.82) is 0 Å². The molecular formula is C24H16Cl2O. The molecule has 0 aromatic heterocycles. The van der Waals surface area contributed by atoms with Crippen LogP contribution < -0.4 is 4.74 Å². The lowest BCUT2D eigenvalue weighted by molar-refractivity contribution is 0.486. The summed E-state index contributed by atoms with van der Waals surface area (Å²) in [6, 6.07) is 31.4. The van der Waals surface area contributed by atoms with Gasteiger partial charge < -0.3 is 4.74 Å². The van der Waals surface area contributed by atoms with Gasteiger partial charge in [-0.05, 0) is 47.5 Å². The predicted octanol–water partition coefficient (Wildman–Crippen LogP) is 8.12. The van der Waals surface area contributed by atoms with Crippen molar-refractivity contribution in [2.24, 2.45) is 0 Å². The van der Waals surface area contributed by atoms with E-state index in [1.807, 2.05) is 97.1 Å². The SMILES string of the molecule is Clc1ccc(Oc2ccc(Cl)cc2-c2ccccc2)c(-c2ccccc2)c1. The highest BCUT2D eigenvalue weighted by atomic mass is 35.5. The molecular weight excluding hydrogens is 375 g/mol. The average molecular weight is 391 g/mol. The second kappa shape index (κ2) is 7.87. The Morgan fingerprint density at radius 1 is 0.481 bits per heavy atom. The van der Waals surface area contributed by atoms with E-state index in [-0.39, 0.29) is 0 Å². The van der Waals surface area contributed by atoms with Crippen LogP contribution in [0.4, 0.5) is 0 Å². The van der Waals surface area contributed by atoms with Gasteiger partial charge in [-0.15, -0.1) is 0 Å². The molecule has 0 heterocycles. The molecule has 4 aromatic rings. The fraction of sp³-hybridized carbons (Fsp3) is 0. The monoisotopic (exact) mass is 390 g/mol. The highest BCUT2D eigenvalue weighted by Crippen LogP contribution is 2.40. The molecule has 0 atom stereocenters. The van der Waals surface area contributed by atoms with Gasteiger partial charge >= 0.3 is 0 Å². The van der Waals surface area contributed by atoms with Crippen molar-refractivity contribution < 1.29 is 4.74 Å². The first-order valence-electron chi connectivity index (χ1n) is 8.58. The molecule has 0 aliphatic carbocycles. The molecule has 0 saturated carbocycles. The van der Waals surface area contributed by atoms with Crippen LogP contribution in [-0.4, -0.2) is 0 Å². The second-order valence-corrected chi connectivity index (χ2v) is 6.99. The van der Waals surface area contributed by atoms with Crippen LogP contribution in [0.5, 0.6) is 11.5 Å². The van der Waals surface area contributed by atoms with E-state index in [0.29, 0.717) is 10.0 Å². The van der Waals surface area contributed by atoms with Crippen LogP contribution in [0.15, 0.2) is 97.1 Å². The molecule has 0 N–H and O–H groups in total. The van der Waals surface area contributed by atoms with Crippen LogP contribution in [0.1, 0.15) is 0 Å². The fourth-order valence-electron chi connectivity index (χ4n) is 2.99. The lowest BCUT2D eigenvalue weighted by Crippen LogP contribution is -1.91. The van der Waals surface area contributed by atoms with Gasteiger partial charge in [0.15, 0.2) is 0 Å². The maximum absolute atomic E-state index is 6.34. The highest BCUT2D eigenvalue weighted by molar-refractivity contribution is 6.31. The molecule has 4 rings (SSSR count). The summed E-state index contributed by atoms with van der Waals surface area (Å²) in [5.74, 6) is 1.48. The van der Waals surface area contributed by atoms with Crippen molar-refractivity contribution in [2.75, 3.05) is 0 Å². The Morgan fingerprint density at radius 2 is 0.889 bits per heavy atom. The summed E-state index contributed by atoms with van der Waals surface area (Å²) in [6.45, 7) is 0. The van der Waals surface area contributed by atoms with Crippen LogP contribution in [0, 0.1) is 0 Å². The lowest BCUT2D eigenvalue weighted by atomic mass is 10.0. The maximum Gasteiger partial charge on any atom is 0.135 e. The standard InChI is InChI=1S/C24H16Cl2O/c25-19-11-13-23(21(15-19)17-7-3-1-4-8-17)27-24-14-12-20(26)16-22(24)18-9-5-2-6-10-18/h1-16H. The van der Waals surface area contributed by atoms with Crippen LogP contribution in [0.2, 0.25) is 10.0 Å². The minimum atomic E-state index is 0.667. The normalized spacial score (nSPS) is 10.6. The Kier molecular flexibility index (Phi) is 5.15. The summed E-state index contributed by atoms with van der Waals surface area (Å²) in [4.78, 5) is 0. The predicted molar refractivity (Wildman–Crippen MR) is 114 cm³/mol. The van der Waals surface area contributed by atoms with Gasteiger partial charge in [0.05, 0.1) is 0 Å². The number of benzene rings is 4. The smallest absolute Gasteiger partial charge is 0.135 e. The Labute approximate surface area is 168 Å². The van der Waals surface area contributed by atoms with Gasteiger partial charge in [-0.25, -0.2) is 0 Å². The topological polar surface area (TPSA) is 9.23 Å². The van der Waals surface area contributed by atoms with Crippen molar-refractivity contribution in [3.63, 3.8) is 0 Å². The summed E-state index contributed by atoms with van der Waals surface area (Å²) in [7, 11) is 0. The van der Waals surface area contributed by atoms with E-state index < -0.39 is 0 Å². The molecule has 0 saturated heterocycles. The van der Waals surface area contributed by atoms with Crippen LogP contribution >= 0.6 is 23.2 Å². The van der Waals surface area contributed by atoms with Gasteiger partial charge in [-0.1, -0.05) is 83.9 Å². The molecule has 4 aromatic carbocycles. The molecule has 1 nitrogen and oxygen atoms in total. The number of ether oxygens (including phenoxy) is 1. The van der Waals surface area contributed by atoms with Gasteiger partial charge in [0.2, 0.25) is 0 Å². The van der Waals surface area contributed by atoms with E-state index in [2.05, 4.69) is 0 Å². The van der Waals surface area contributed by atoms with E-state index in [1.54, 1.807) is 0 Å². The average Bonchev–Trinajstić information content (AvgIpc) is 2.72. The third-order valence-corrected chi connectivity index (χ3v) is 4.74. The third-order valence-electron chi connectivity index (χ3n) is 4.27. The lowest BCUT2D eigenvalue weighted by Gasteiger charge is -2.15.